The summed E-state index contributed by atoms with van der Waals surface area (Å²) in [6.45, 7) is 5.49. The average molecular weight is 397 g/mol. The zero-order chi connectivity index (χ0) is 21.4. The van der Waals surface area contributed by atoms with E-state index in [1.807, 2.05) is 32.0 Å². The van der Waals surface area contributed by atoms with Crippen molar-refractivity contribution < 1.29 is 23.8 Å². The highest BCUT2D eigenvalue weighted by Crippen LogP contribution is 2.25. The molecule has 0 saturated heterocycles. The molecule has 0 fully saturated rings. The smallest absolute Gasteiger partial charge is 0.331 e. The van der Waals surface area contributed by atoms with Crippen LogP contribution < -0.4 is 14.8 Å². The minimum absolute atomic E-state index is 0.377. The van der Waals surface area contributed by atoms with Gasteiger partial charge in [-0.05, 0) is 49.6 Å². The third-order valence-electron chi connectivity index (χ3n) is 4.49. The lowest BCUT2D eigenvalue weighted by atomic mass is 10.1. The Hall–Kier alpha value is -3.28. The summed E-state index contributed by atoms with van der Waals surface area (Å²) >= 11 is 0. The van der Waals surface area contributed by atoms with Crippen LogP contribution in [-0.2, 0) is 20.7 Å². The molecule has 0 unspecified atom stereocenters. The molecular formula is C23H27NO5. The van der Waals surface area contributed by atoms with Gasteiger partial charge in [0.1, 0.15) is 11.5 Å². The molecule has 2 aromatic rings. The molecule has 1 amide bonds. The van der Waals surface area contributed by atoms with Gasteiger partial charge in [0.25, 0.3) is 5.91 Å². The maximum atomic E-state index is 12.5. The Morgan fingerprint density at radius 3 is 2.55 bits per heavy atom. The Bertz CT molecular complexity index is 904. The van der Waals surface area contributed by atoms with E-state index in [0.717, 1.165) is 23.2 Å². The number of nitrogens with one attached hydrogen (secondary N) is 1. The highest BCUT2D eigenvalue weighted by molar-refractivity contribution is 5.97. The van der Waals surface area contributed by atoms with Gasteiger partial charge >= 0.3 is 5.97 Å². The number of hydrogen-bond donors (Lipinski definition) is 1. The van der Waals surface area contributed by atoms with Crippen molar-refractivity contribution >= 4 is 23.6 Å². The van der Waals surface area contributed by atoms with Crippen LogP contribution in [0.15, 0.2) is 42.5 Å². The summed E-state index contributed by atoms with van der Waals surface area (Å²) in [5.74, 6) is 0.212. The van der Waals surface area contributed by atoms with Crippen LogP contribution in [0, 0.1) is 6.92 Å². The molecule has 0 aliphatic carbocycles. The van der Waals surface area contributed by atoms with Gasteiger partial charge in [0.2, 0.25) is 0 Å². The summed E-state index contributed by atoms with van der Waals surface area (Å²) in [4.78, 5) is 24.6. The molecule has 0 aliphatic heterocycles. The van der Waals surface area contributed by atoms with Gasteiger partial charge in [0.15, 0.2) is 6.10 Å². The van der Waals surface area contributed by atoms with Crippen LogP contribution in [0.4, 0.5) is 5.69 Å². The van der Waals surface area contributed by atoms with E-state index in [2.05, 4.69) is 5.32 Å². The summed E-state index contributed by atoms with van der Waals surface area (Å²) in [6.07, 6.45) is 2.69. The number of carbonyl (C=O) groups is 2. The summed E-state index contributed by atoms with van der Waals surface area (Å²) in [5, 5.41) is 2.87. The molecule has 0 saturated carbocycles. The van der Waals surface area contributed by atoms with Crippen molar-refractivity contribution in [3.8, 4) is 11.5 Å². The number of para-hydroxylation sites is 1. The molecule has 0 bridgehead atoms. The van der Waals surface area contributed by atoms with Crippen LogP contribution >= 0.6 is 0 Å². The Kier molecular flexibility index (Phi) is 7.83. The number of methoxy groups -OCH3 is 2. The van der Waals surface area contributed by atoms with Crippen molar-refractivity contribution in [1.82, 2.24) is 0 Å². The highest BCUT2D eigenvalue weighted by Gasteiger charge is 2.18. The van der Waals surface area contributed by atoms with Crippen molar-refractivity contribution in [2.45, 2.75) is 33.3 Å². The quantitative estimate of drug-likeness (QED) is 0.535. The lowest BCUT2D eigenvalue weighted by molar-refractivity contribution is -0.148. The number of hydrogen-bond acceptors (Lipinski definition) is 5. The van der Waals surface area contributed by atoms with Gasteiger partial charge < -0.3 is 19.5 Å². The predicted octanol–water partition coefficient (Wildman–Crippen LogP) is 4.16. The fourth-order valence-electron chi connectivity index (χ4n) is 2.81. The second kappa shape index (κ2) is 10.3. The Morgan fingerprint density at radius 1 is 1.14 bits per heavy atom. The third-order valence-corrected chi connectivity index (χ3v) is 4.49. The normalized spacial score (nSPS) is 11.8. The van der Waals surface area contributed by atoms with Crippen molar-refractivity contribution in [3.63, 3.8) is 0 Å². The average Bonchev–Trinajstić information content (AvgIpc) is 2.73. The van der Waals surface area contributed by atoms with Crippen molar-refractivity contribution in [3.05, 3.63) is 59.2 Å². The molecule has 0 aromatic heterocycles. The molecule has 0 spiro atoms. The summed E-state index contributed by atoms with van der Waals surface area (Å²) in [5.41, 5.74) is 3.45. The fraction of sp³-hybridized carbons (Fsp3) is 0.304. The number of benzene rings is 2. The van der Waals surface area contributed by atoms with Crippen LogP contribution in [0.1, 0.15) is 30.5 Å². The zero-order valence-electron chi connectivity index (χ0n) is 17.4. The van der Waals surface area contributed by atoms with E-state index in [1.165, 1.54) is 13.2 Å². The van der Waals surface area contributed by atoms with Crippen LogP contribution in [0.5, 0.6) is 11.5 Å². The molecule has 154 valence electrons. The van der Waals surface area contributed by atoms with Crippen molar-refractivity contribution in [2.75, 3.05) is 19.5 Å². The minimum atomic E-state index is -0.936. The van der Waals surface area contributed by atoms with E-state index in [4.69, 9.17) is 14.2 Å². The topological polar surface area (TPSA) is 73.9 Å². The number of rotatable bonds is 8. The van der Waals surface area contributed by atoms with E-state index in [-0.39, 0.29) is 5.91 Å². The number of anilines is 1. The molecule has 1 N–H and O–H groups in total. The van der Waals surface area contributed by atoms with Crippen LogP contribution in [0.25, 0.3) is 6.08 Å². The van der Waals surface area contributed by atoms with Gasteiger partial charge in [-0.1, -0.05) is 25.1 Å². The maximum absolute atomic E-state index is 12.5. The fourth-order valence-corrected chi connectivity index (χ4v) is 2.81. The first-order chi connectivity index (χ1) is 13.9. The van der Waals surface area contributed by atoms with E-state index >= 15 is 0 Å². The second-order valence-electron chi connectivity index (χ2n) is 6.47. The standard InChI is InChI=1S/C23H27NO5/c1-6-17-9-7-8-15(2)22(17)24-23(26)16(3)29-21(25)13-11-18-10-12-19(27-4)14-20(18)28-5/h7-14,16H,6H2,1-5H3,(H,24,26)/t16-/m0/s1. The van der Waals surface area contributed by atoms with Crippen molar-refractivity contribution in [2.24, 2.45) is 0 Å². The van der Waals surface area contributed by atoms with E-state index in [0.29, 0.717) is 17.1 Å². The van der Waals surface area contributed by atoms with Gasteiger partial charge in [0.05, 0.1) is 14.2 Å². The first-order valence-corrected chi connectivity index (χ1v) is 9.39. The van der Waals surface area contributed by atoms with Crippen LogP contribution in [0.3, 0.4) is 0 Å². The molecular weight excluding hydrogens is 370 g/mol. The first kappa shape index (κ1) is 22.0. The molecule has 6 nitrogen and oxygen atoms in total. The van der Waals surface area contributed by atoms with Gasteiger partial charge in [-0.3, -0.25) is 4.79 Å². The molecule has 1 atom stereocenters. The lowest BCUT2D eigenvalue weighted by Gasteiger charge is -2.16. The number of carbonyl (C=O) groups excluding carboxylic acids is 2. The number of ether oxygens (including phenoxy) is 3. The molecule has 2 rings (SSSR count). The first-order valence-electron chi connectivity index (χ1n) is 9.39. The predicted molar refractivity (Wildman–Crippen MR) is 113 cm³/mol. The number of esters is 1. The minimum Gasteiger partial charge on any atom is -0.497 e. The second-order valence-corrected chi connectivity index (χ2v) is 6.47. The van der Waals surface area contributed by atoms with Crippen molar-refractivity contribution in [1.29, 1.82) is 0 Å². The molecule has 6 heteroatoms. The highest BCUT2D eigenvalue weighted by atomic mass is 16.5. The summed E-state index contributed by atoms with van der Waals surface area (Å²) in [7, 11) is 3.10. The van der Waals surface area contributed by atoms with Gasteiger partial charge in [-0.15, -0.1) is 0 Å². The van der Waals surface area contributed by atoms with Crippen LogP contribution in [0.2, 0.25) is 0 Å². The Labute approximate surface area is 171 Å². The maximum Gasteiger partial charge on any atom is 0.331 e. The van der Waals surface area contributed by atoms with E-state index in [9.17, 15) is 9.59 Å². The van der Waals surface area contributed by atoms with Gasteiger partial charge in [0, 0.05) is 23.4 Å². The SMILES string of the molecule is CCc1cccc(C)c1NC(=O)[C@H](C)OC(=O)C=Cc1ccc(OC)cc1OC. The summed E-state index contributed by atoms with van der Waals surface area (Å²) < 4.78 is 15.7. The number of aryl methyl sites for hydroxylation is 2. The summed E-state index contributed by atoms with van der Waals surface area (Å²) in [6, 6.07) is 11.1. The van der Waals surface area contributed by atoms with Gasteiger partial charge in [-0.2, -0.15) is 0 Å². The molecule has 0 radical (unpaired) electrons. The molecule has 2 aromatic carbocycles. The lowest BCUT2D eigenvalue weighted by Crippen LogP contribution is -2.30. The van der Waals surface area contributed by atoms with Gasteiger partial charge in [-0.25, -0.2) is 4.79 Å². The Balaban J connectivity index is 2.02. The largest absolute Gasteiger partial charge is 0.497 e. The Morgan fingerprint density at radius 2 is 1.90 bits per heavy atom. The van der Waals surface area contributed by atoms with Crippen LogP contribution in [-0.4, -0.2) is 32.2 Å². The monoisotopic (exact) mass is 397 g/mol. The molecule has 0 aliphatic rings. The molecule has 29 heavy (non-hydrogen) atoms. The van der Waals surface area contributed by atoms with E-state index < -0.39 is 12.1 Å². The third kappa shape index (κ3) is 5.85. The molecule has 0 heterocycles. The zero-order valence-corrected chi connectivity index (χ0v) is 17.4. The number of amides is 1. The van der Waals surface area contributed by atoms with E-state index in [1.54, 1.807) is 38.3 Å².